The Morgan fingerprint density at radius 2 is 2.35 bits per heavy atom. The summed E-state index contributed by atoms with van der Waals surface area (Å²) in [6.45, 7) is 0.848. The Labute approximate surface area is 117 Å². The Morgan fingerprint density at radius 1 is 1.45 bits per heavy atom. The fraction of sp³-hybridized carbons (Fsp3) is 0.438. The van der Waals surface area contributed by atoms with Crippen LogP contribution in [0.2, 0.25) is 0 Å². The van der Waals surface area contributed by atoms with Crippen LogP contribution < -0.4 is 0 Å². The molecule has 4 heteroatoms. The second-order valence-electron chi connectivity index (χ2n) is 6.00. The third-order valence-corrected chi connectivity index (χ3v) is 4.94. The molecule has 3 atom stereocenters. The first kappa shape index (κ1) is 11.8. The molecule has 1 fully saturated rings. The molecule has 20 heavy (non-hydrogen) atoms. The highest BCUT2D eigenvalue weighted by Gasteiger charge is 2.40. The number of hydrogen-bond donors (Lipinski definition) is 2. The molecule has 1 unspecified atom stereocenters. The summed E-state index contributed by atoms with van der Waals surface area (Å²) in [5, 5.41) is 20.3. The highest BCUT2D eigenvalue weighted by atomic mass is 16.3. The largest absolute Gasteiger partial charge is 0.396 e. The lowest BCUT2D eigenvalue weighted by Gasteiger charge is -2.44. The van der Waals surface area contributed by atoms with Crippen molar-refractivity contribution in [3.8, 4) is 6.19 Å². The molecule has 1 aliphatic heterocycles. The predicted molar refractivity (Wildman–Crippen MR) is 76.0 cm³/mol. The second kappa shape index (κ2) is 4.26. The van der Waals surface area contributed by atoms with Crippen LogP contribution in [0.1, 0.15) is 23.5 Å². The predicted octanol–water partition coefficient (Wildman–Crippen LogP) is 1.97. The average Bonchev–Trinajstić information content (AvgIpc) is 2.91. The summed E-state index contributed by atoms with van der Waals surface area (Å²) >= 11 is 0. The summed E-state index contributed by atoms with van der Waals surface area (Å²) < 4.78 is 0. The number of rotatable bonds is 1. The lowest BCUT2D eigenvalue weighted by molar-refractivity contribution is 0.0976. The summed E-state index contributed by atoms with van der Waals surface area (Å²) in [5.74, 6) is 0.555. The Kier molecular flexibility index (Phi) is 2.51. The van der Waals surface area contributed by atoms with E-state index in [1.54, 1.807) is 0 Å². The molecule has 4 rings (SSSR count). The number of likely N-dealkylation sites (tertiary alicyclic amines) is 1. The van der Waals surface area contributed by atoms with Gasteiger partial charge in [0.1, 0.15) is 0 Å². The molecule has 0 radical (unpaired) electrons. The molecule has 102 valence electrons. The van der Waals surface area contributed by atoms with Gasteiger partial charge in [-0.3, -0.25) is 0 Å². The molecule has 1 saturated heterocycles. The van der Waals surface area contributed by atoms with Crippen LogP contribution in [0.4, 0.5) is 0 Å². The lowest BCUT2D eigenvalue weighted by Crippen LogP contribution is -2.48. The van der Waals surface area contributed by atoms with Crippen molar-refractivity contribution in [1.29, 1.82) is 5.26 Å². The van der Waals surface area contributed by atoms with Gasteiger partial charge in [-0.05, 0) is 30.0 Å². The molecule has 0 spiro atoms. The molecular weight excluding hydrogens is 250 g/mol. The van der Waals surface area contributed by atoms with Crippen LogP contribution >= 0.6 is 0 Å². The molecule has 4 nitrogen and oxygen atoms in total. The molecule has 0 amide bonds. The van der Waals surface area contributed by atoms with Gasteiger partial charge in [0, 0.05) is 42.1 Å². The maximum atomic E-state index is 9.50. The highest BCUT2D eigenvalue weighted by molar-refractivity contribution is 5.88. The number of piperidine rings is 1. The molecule has 2 N–H and O–H groups in total. The third kappa shape index (κ3) is 1.50. The first-order valence-electron chi connectivity index (χ1n) is 7.18. The van der Waals surface area contributed by atoms with E-state index in [0.717, 1.165) is 12.8 Å². The number of benzene rings is 1. The van der Waals surface area contributed by atoms with Crippen LogP contribution in [0.25, 0.3) is 10.9 Å². The van der Waals surface area contributed by atoms with Crippen LogP contribution in [-0.2, 0) is 6.42 Å². The smallest absolute Gasteiger partial charge is 0.179 e. The number of fused-ring (bicyclic) bond motifs is 2. The summed E-state index contributed by atoms with van der Waals surface area (Å²) in [5.41, 5.74) is 3.85. The van der Waals surface area contributed by atoms with Crippen LogP contribution in [0.15, 0.2) is 24.4 Å². The van der Waals surface area contributed by atoms with E-state index < -0.39 is 0 Å². The van der Waals surface area contributed by atoms with E-state index in [1.165, 1.54) is 22.0 Å². The van der Waals surface area contributed by atoms with Crippen molar-refractivity contribution in [3.05, 3.63) is 35.5 Å². The lowest BCUT2D eigenvalue weighted by atomic mass is 9.72. The van der Waals surface area contributed by atoms with Crippen LogP contribution in [0.3, 0.4) is 0 Å². The standard InChI is InChI=1S/C16H17N3O/c17-9-19-7-10(8-20)4-13-12-2-1-3-14-16(12)11(6-18-14)5-15(13)19/h1-3,6,10,13,15,18,20H,4-5,7-8H2/t10?,13-,15-/m1/s1. The number of nitrogens with one attached hydrogen (secondary N) is 1. The van der Waals surface area contributed by atoms with Gasteiger partial charge in [0.2, 0.25) is 0 Å². The van der Waals surface area contributed by atoms with E-state index >= 15 is 0 Å². The number of aliphatic hydroxyl groups is 1. The van der Waals surface area contributed by atoms with Crippen molar-refractivity contribution < 1.29 is 5.11 Å². The topological polar surface area (TPSA) is 63.1 Å². The molecule has 2 aliphatic rings. The summed E-state index contributed by atoms with van der Waals surface area (Å²) in [4.78, 5) is 5.22. The summed E-state index contributed by atoms with van der Waals surface area (Å²) in [6.07, 6.45) is 6.32. The number of hydrogen-bond acceptors (Lipinski definition) is 3. The number of nitrogens with zero attached hydrogens (tertiary/aromatic N) is 2. The van der Waals surface area contributed by atoms with Gasteiger partial charge in [-0.1, -0.05) is 12.1 Å². The van der Waals surface area contributed by atoms with Crippen molar-refractivity contribution >= 4 is 10.9 Å². The monoisotopic (exact) mass is 267 g/mol. The van der Waals surface area contributed by atoms with Crippen LogP contribution in [-0.4, -0.2) is 34.2 Å². The fourth-order valence-corrected chi connectivity index (χ4v) is 4.04. The first-order valence-corrected chi connectivity index (χ1v) is 7.18. The van der Waals surface area contributed by atoms with Gasteiger partial charge in [-0.25, -0.2) is 0 Å². The van der Waals surface area contributed by atoms with Gasteiger partial charge in [-0.2, -0.15) is 5.26 Å². The van der Waals surface area contributed by atoms with E-state index in [4.69, 9.17) is 0 Å². The average molecular weight is 267 g/mol. The minimum Gasteiger partial charge on any atom is -0.396 e. The number of H-pyrrole nitrogens is 1. The number of aliphatic hydroxyl groups excluding tert-OH is 1. The fourth-order valence-electron chi connectivity index (χ4n) is 4.04. The Balaban J connectivity index is 1.86. The summed E-state index contributed by atoms with van der Waals surface area (Å²) in [7, 11) is 0. The van der Waals surface area contributed by atoms with Gasteiger partial charge >= 0.3 is 0 Å². The van der Waals surface area contributed by atoms with E-state index in [9.17, 15) is 10.4 Å². The highest BCUT2D eigenvalue weighted by Crippen LogP contribution is 2.44. The third-order valence-electron chi connectivity index (χ3n) is 4.94. The quantitative estimate of drug-likeness (QED) is 0.776. The van der Waals surface area contributed by atoms with Crippen LogP contribution in [0, 0.1) is 17.4 Å². The molecular formula is C16H17N3O. The SMILES string of the molecule is N#CN1CC(CO)C[C@@H]2c3cccc4[nH]cc(c34)C[C@H]21. The van der Waals surface area contributed by atoms with Crippen molar-refractivity contribution in [3.63, 3.8) is 0 Å². The van der Waals surface area contributed by atoms with Crippen molar-refractivity contribution in [2.45, 2.75) is 24.8 Å². The maximum Gasteiger partial charge on any atom is 0.179 e. The zero-order valence-corrected chi connectivity index (χ0v) is 11.2. The zero-order chi connectivity index (χ0) is 13.7. The molecule has 1 aromatic heterocycles. The van der Waals surface area contributed by atoms with Crippen LogP contribution in [0.5, 0.6) is 0 Å². The van der Waals surface area contributed by atoms with Crippen molar-refractivity contribution in [1.82, 2.24) is 9.88 Å². The Morgan fingerprint density at radius 3 is 3.15 bits per heavy atom. The van der Waals surface area contributed by atoms with Gasteiger partial charge in [0.05, 0.1) is 6.04 Å². The molecule has 0 bridgehead atoms. The van der Waals surface area contributed by atoms with Gasteiger partial charge in [0.15, 0.2) is 6.19 Å². The molecule has 2 heterocycles. The van der Waals surface area contributed by atoms with Gasteiger partial charge < -0.3 is 15.0 Å². The van der Waals surface area contributed by atoms with E-state index in [2.05, 4.69) is 35.6 Å². The molecule has 0 saturated carbocycles. The zero-order valence-electron chi connectivity index (χ0n) is 11.2. The number of nitriles is 1. The molecule has 2 aromatic rings. The van der Waals surface area contributed by atoms with Gasteiger partial charge in [0.25, 0.3) is 0 Å². The number of aromatic nitrogens is 1. The van der Waals surface area contributed by atoms with E-state index in [1.807, 2.05) is 4.90 Å². The number of aromatic amines is 1. The van der Waals surface area contributed by atoms with E-state index in [0.29, 0.717) is 12.5 Å². The normalized spacial score (nSPS) is 28.2. The first-order chi connectivity index (χ1) is 9.81. The van der Waals surface area contributed by atoms with Crippen molar-refractivity contribution in [2.24, 2.45) is 5.92 Å². The molecule has 1 aromatic carbocycles. The Hall–Kier alpha value is -1.99. The van der Waals surface area contributed by atoms with Crippen molar-refractivity contribution in [2.75, 3.05) is 13.2 Å². The minimum atomic E-state index is 0.164. The minimum absolute atomic E-state index is 0.164. The van der Waals surface area contributed by atoms with E-state index in [-0.39, 0.29) is 18.6 Å². The summed E-state index contributed by atoms with van der Waals surface area (Å²) in [6, 6.07) is 6.62. The molecule has 1 aliphatic carbocycles. The second-order valence-corrected chi connectivity index (χ2v) is 6.00. The van der Waals surface area contributed by atoms with Gasteiger partial charge in [-0.15, -0.1) is 0 Å². The maximum absolute atomic E-state index is 9.50. The Bertz CT molecular complexity index is 699.